The fourth-order valence-corrected chi connectivity index (χ4v) is 3.93. The van der Waals surface area contributed by atoms with E-state index >= 15 is 0 Å². The number of primary amides is 1. The summed E-state index contributed by atoms with van der Waals surface area (Å²) in [6.45, 7) is 0. The molecule has 0 fully saturated rings. The highest BCUT2D eigenvalue weighted by Gasteiger charge is 2.21. The molecule has 0 spiro atoms. The number of rotatable bonds is 5. The summed E-state index contributed by atoms with van der Waals surface area (Å²) in [4.78, 5) is 25.5. The number of sulfonamides is 1. The molecule has 0 aliphatic rings. The number of phenols is 1. The summed E-state index contributed by atoms with van der Waals surface area (Å²) in [6, 6.07) is 8.07. The van der Waals surface area contributed by atoms with Crippen molar-refractivity contribution in [1.29, 1.82) is 0 Å². The number of anilines is 1. The highest BCUT2D eigenvalue weighted by atomic mass is 35.5. The number of hydrogen-bond acceptors (Lipinski definition) is 6. The van der Waals surface area contributed by atoms with Gasteiger partial charge < -0.3 is 20.6 Å². The second kappa shape index (κ2) is 7.06. The van der Waals surface area contributed by atoms with Crippen LogP contribution in [0.5, 0.6) is 5.75 Å². The molecule has 0 aliphatic heterocycles. The van der Waals surface area contributed by atoms with Gasteiger partial charge in [0.15, 0.2) is 0 Å². The number of carbonyl (C=O) groups excluding carboxylic acids is 2. The first-order valence-corrected chi connectivity index (χ1v) is 9.54. The molecular weight excluding hydrogens is 410 g/mol. The summed E-state index contributed by atoms with van der Waals surface area (Å²) in [5.41, 5.74) is 5.62. The maximum absolute atomic E-state index is 12.6. The number of nitrogens with one attached hydrogen (secondary N) is 2. The Labute approximate surface area is 164 Å². The fraction of sp³-hybridized carbons (Fsp3) is 0.0588. The molecule has 2 aromatic carbocycles. The Kier molecular flexibility index (Phi) is 4.92. The maximum Gasteiger partial charge on any atom is 0.354 e. The smallest absolute Gasteiger partial charge is 0.354 e. The minimum atomic E-state index is -4.15. The standard InChI is InChI=1S/C17H14ClN3O6S/c1-27-17(24)14-4-8-2-3-9(5-13(8)20-14)21-28(25,26)10-6-11(16(19)23)15(22)12(18)7-10/h2-7,20-22H,1H3,(H2,19,23). The number of fused-ring (bicyclic) bond motifs is 1. The zero-order valence-corrected chi connectivity index (χ0v) is 15.9. The van der Waals surface area contributed by atoms with Crippen molar-refractivity contribution >= 4 is 50.1 Å². The number of esters is 1. The van der Waals surface area contributed by atoms with Gasteiger partial charge in [-0.2, -0.15) is 0 Å². The minimum Gasteiger partial charge on any atom is -0.506 e. The van der Waals surface area contributed by atoms with Gasteiger partial charge in [-0.25, -0.2) is 13.2 Å². The van der Waals surface area contributed by atoms with E-state index in [9.17, 15) is 23.1 Å². The molecule has 1 aromatic heterocycles. The number of methoxy groups -OCH3 is 1. The third-order valence-corrected chi connectivity index (χ3v) is 5.54. The van der Waals surface area contributed by atoms with Gasteiger partial charge in [0.2, 0.25) is 0 Å². The third kappa shape index (κ3) is 3.59. The van der Waals surface area contributed by atoms with Crippen LogP contribution in [-0.4, -0.2) is 37.5 Å². The largest absolute Gasteiger partial charge is 0.506 e. The molecule has 0 unspecified atom stereocenters. The Hall–Kier alpha value is -3.24. The molecule has 3 aromatic rings. The van der Waals surface area contributed by atoms with E-state index in [-0.39, 0.29) is 21.3 Å². The number of ether oxygens (including phenoxy) is 1. The molecule has 5 N–H and O–H groups in total. The number of hydrogen-bond donors (Lipinski definition) is 4. The van der Waals surface area contributed by atoms with Gasteiger partial charge in [0.05, 0.1) is 28.3 Å². The van der Waals surface area contributed by atoms with E-state index < -0.39 is 33.2 Å². The molecule has 11 heteroatoms. The lowest BCUT2D eigenvalue weighted by Crippen LogP contribution is -2.16. The summed E-state index contributed by atoms with van der Waals surface area (Å²) < 4.78 is 32.3. The van der Waals surface area contributed by atoms with E-state index in [0.717, 1.165) is 12.1 Å². The lowest BCUT2D eigenvalue weighted by molar-refractivity contribution is 0.0595. The van der Waals surface area contributed by atoms with Crippen molar-refractivity contribution in [3.8, 4) is 5.75 Å². The lowest BCUT2D eigenvalue weighted by atomic mass is 10.2. The van der Waals surface area contributed by atoms with Crippen LogP contribution in [0.15, 0.2) is 41.3 Å². The predicted molar refractivity (Wildman–Crippen MR) is 102 cm³/mol. The zero-order valence-electron chi connectivity index (χ0n) is 14.3. The molecule has 0 aliphatic carbocycles. The topological polar surface area (TPSA) is 152 Å². The van der Waals surface area contributed by atoms with Crippen LogP contribution in [-0.2, 0) is 14.8 Å². The number of H-pyrrole nitrogens is 1. The van der Waals surface area contributed by atoms with Gasteiger partial charge in [0, 0.05) is 10.9 Å². The first-order chi connectivity index (χ1) is 13.1. The Morgan fingerprint density at radius 3 is 2.57 bits per heavy atom. The maximum atomic E-state index is 12.6. The normalized spacial score (nSPS) is 11.4. The van der Waals surface area contributed by atoms with Crippen molar-refractivity contribution in [3.63, 3.8) is 0 Å². The van der Waals surface area contributed by atoms with Gasteiger partial charge in [-0.1, -0.05) is 17.7 Å². The molecule has 0 saturated heterocycles. The second-order valence-corrected chi connectivity index (χ2v) is 7.84. The van der Waals surface area contributed by atoms with Crippen molar-refractivity contribution in [3.05, 3.63) is 52.7 Å². The second-order valence-electron chi connectivity index (χ2n) is 5.75. The van der Waals surface area contributed by atoms with Crippen LogP contribution in [0.4, 0.5) is 5.69 Å². The van der Waals surface area contributed by atoms with Crippen LogP contribution >= 0.6 is 11.6 Å². The number of benzene rings is 2. The van der Waals surface area contributed by atoms with Gasteiger partial charge in [0.1, 0.15) is 11.4 Å². The van der Waals surface area contributed by atoms with E-state index in [4.69, 9.17) is 17.3 Å². The zero-order chi connectivity index (χ0) is 20.6. The van der Waals surface area contributed by atoms with Crippen LogP contribution in [0, 0.1) is 0 Å². The summed E-state index contributed by atoms with van der Waals surface area (Å²) in [6.07, 6.45) is 0. The molecule has 0 bridgehead atoms. The first-order valence-electron chi connectivity index (χ1n) is 7.68. The Balaban J connectivity index is 1.98. The number of carbonyl (C=O) groups is 2. The Morgan fingerprint density at radius 1 is 1.21 bits per heavy atom. The Bertz CT molecular complexity index is 1220. The van der Waals surface area contributed by atoms with Gasteiger partial charge in [-0.05, 0) is 30.3 Å². The lowest BCUT2D eigenvalue weighted by Gasteiger charge is -2.11. The average Bonchev–Trinajstić information content (AvgIpc) is 3.05. The van der Waals surface area contributed by atoms with E-state index in [0.29, 0.717) is 10.9 Å². The number of amides is 1. The van der Waals surface area contributed by atoms with E-state index in [1.165, 1.54) is 19.2 Å². The van der Waals surface area contributed by atoms with Gasteiger partial charge in [-0.3, -0.25) is 9.52 Å². The fourth-order valence-electron chi connectivity index (χ4n) is 2.54. The molecule has 1 heterocycles. The van der Waals surface area contributed by atoms with Gasteiger partial charge >= 0.3 is 5.97 Å². The van der Waals surface area contributed by atoms with E-state index in [1.807, 2.05) is 0 Å². The molecule has 0 atom stereocenters. The van der Waals surface area contributed by atoms with Crippen molar-refractivity contribution in [1.82, 2.24) is 4.98 Å². The highest BCUT2D eigenvalue weighted by Crippen LogP contribution is 2.31. The highest BCUT2D eigenvalue weighted by molar-refractivity contribution is 7.92. The summed E-state index contributed by atoms with van der Waals surface area (Å²) >= 11 is 5.80. The van der Waals surface area contributed by atoms with Crippen LogP contribution in [0.25, 0.3) is 10.9 Å². The van der Waals surface area contributed by atoms with Crippen LogP contribution in [0.1, 0.15) is 20.8 Å². The van der Waals surface area contributed by atoms with Gasteiger partial charge in [-0.15, -0.1) is 0 Å². The number of aromatic hydroxyl groups is 1. The molecule has 0 radical (unpaired) electrons. The molecule has 1 amide bonds. The van der Waals surface area contributed by atoms with Crippen molar-refractivity contribution in [2.24, 2.45) is 5.73 Å². The SMILES string of the molecule is COC(=O)c1cc2ccc(NS(=O)(=O)c3cc(Cl)c(O)c(C(N)=O)c3)cc2[nH]1. The van der Waals surface area contributed by atoms with Crippen LogP contribution in [0.2, 0.25) is 5.02 Å². The molecular formula is C17H14ClN3O6S. The molecule has 3 rings (SSSR count). The third-order valence-electron chi connectivity index (χ3n) is 3.89. The molecule has 28 heavy (non-hydrogen) atoms. The number of aromatic nitrogens is 1. The quantitative estimate of drug-likeness (QED) is 0.462. The number of nitrogens with two attached hydrogens (primary N) is 1. The number of halogens is 1. The molecule has 146 valence electrons. The molecule has 0 saturated carbocycles. The summed E-state index contributed by atoms with van der Waals surface area (Å²) in [5, 5.41) is 10.1. The van der Waals surface area contributed by atoms with Crippen molar-refractivity contribution in [2.75, 3.05) is 11.8 Å². The van der Waals surface area contributed by atoms with Crippen molar-refractivity contribution < 1.29 is 27.9 Å². The number of aromatic amines is 1. The summed E-state index contributed by atoms with van der Waals surface area (Å²) in [7, 11) is -2.90. The summed E-state index contributed by atoms with van der Waals surface area (Å²) in [5.74, 6) is -2.19. The van der Waals surface area contributed by atoms with E-state index in [1.54, 1.807) is 12.1 Å². The van der Waals surface area contributed by atoms with Crippen LogP contribution in [0.3, 0.4) is 0 Å². The predicted octanol–water partition coefficient (Wildman–Crippen LogP) is 2.21. The van der Waals surface area contributed by atoms with E-state index in [2.05, 4.69) is 14.4 Å². The monoisotopic (exact) mass is 423 g/mol. The minimum absolute atomic E-state index is 0.190. The Morgan fingerprint density at radius 2 is 1.93 bits per heavy atom. The first kappa shape index (κ1) is 19.5. The van der Waals surface area contributed by atoms with Gasteiger partial charge in [0.25, 0.3) is 15.9 Å². The average molecular weight is 424 g/mol. The van der Waals surface area contributed by atoms with Crippen LogP contribution < -0.4 is 10.5 Å². The molecule has 9 nitrogen and oxygen atoms in total. The van der Waals surface area contributed by atoms with Crippen molar-refractivity contribution in [2.45, 2.75) is 4.90 Å².